The predicted molar refractivity (Wildman–Crippen MR) is 98.0 cm³/mol. The topological polar surface area (TPSA) is 57.6 Å². The number of nitrogens with zero attached hydrogens (tertiary/aromatic N) is 1. The average molecular weight is 378 g/mol. The highest BCUT2D eigenvalue weighted by Crippen LogP contribution is 2.49. The van der Waals surface area contributed by atoms with E-state index in [0.29, 0.717) is 10.7 Å². The molecule has 0 fully saturated rings. The molecular formula is C19H17Cl2NO3. The summed E-state index contributed by atoms with van der Waals surface area (Å²) in [5, 5.41) is 11.5. The van der Waals surface area contributed by atoms with E-state index in [2.05, 4.69) is 0 Å². The number of Topliss-reactive ketones (excluding diaryl/α,β-unsaturated/α-hetero) is 1. The molecule has 130 valence electrons. The monoisotopic (exact) mass is 377 g/mol. The molecule has 2 aromatic rings. The van der Waals surface area contributed by atoms with Crippen LogP contribution < -0.4 is 4.90 Å². The van der Waals surface area contributed by atoms with Crippen molar-refractivity contribution in [1.82, 2.24) is 0 Å². The lowest BCUT2D eigenvalue weighted by molar-refractivity contribution is -0.141. The van der Waals surface area contributed by atoms with Crippen LogP contribution in [0.25, 0.3) is 0 Å². The highest BCUT2D eigenvalue weighted by atomic mass is 35.5. The number of ketones is 1. The number of fused-ring (bicyclic) bond motifs is 1. The van der Waals surface area contributed by atoms with E-state index in [1.807, 2.05) is 31.2 Å². The summed E-state index contributed by atoms with van der Waals surface area (Å²) in [5.74, 6) is -0.900. The van der Waals surface area contributed by atoms with Crippen LogP contribution in [0.15, 0.2) is 36.4 Å². The molecule has 1 atom stereocenters. The number of amides is 1. The van der Waals surface area contributed by atoms with Gasteiger partial charge in [-0.2, -0.15) is 0 Å². The van der Waals surface area contributed by atoms with Crippen LogP contribution in [0.5, 0.6) is 0 Å². The molecule has 1 amide bonds. The second-order valence-electron chi connectivity index (χ2n) is 6.37. The first-order chi connectivity index (χ1) is 11.7. The van der Waals surface area contributed by atoms with Gasteiger partial charge in [-0.15, -0.1) is 0 Å². The van der Waals surface area contributed by atoms with Gasteiger partial charge in [-0.25, -0.2) is 0 Å². The van der Waals surface area contributed by atoms with Crippen molar-refractivity contribution in [2.24, 2.45) is 0 Å². The van der Waals surface area contributed by atoms with Gasteiger partial charge in [0.25, 0.3) is 5.91 Å². The number of rotatable bonds is 4. The number of benzene rings is 2. The van der Waals surface area contributed by atoms with Gasteiger partial charge in [-0.1, -0.05) is 53.0 Å². The Labute approximate surface area is 156 Å². The van der Waals surface area contributed by atoms with Gasteiger partial charge < -0.3 is 10.0 Å². The van der Waals surface area contributed by atoms with Crippen molar-refractivity contribution in [1.29, 1.82) is 0 Å². The fourth-order valence-corrected chi connectivity index (χ4v) is 3.75. The molecule has 0 bridgehead atoms. The quantitative estimate of drug-likeness (QED) is 0.875. The molecule has 0 radical (unpaired) electrons. The Morgan fingerprint density at radius 2 is 1.72 bits per heavy atom. The van der Waals surface area contributed by atoms with Gasteiger partial charge in [-0.05, 0) is 31.5 Å². The van der Waals surface area contributed by atoms with E-state index in [4.69, 9.17) is 23.2 Å². The fourth-order valence-electron chi connectivity index (χ4n) is 3.18. The SMILES string of the molecule is CC(=O)CC1(O)C(=O)N(Cc2ccc(C)cc2)c2c(Cl)ccc(Cl)c21. The third-order valence-corrected chi connectivity index (χ3v) is 4.95. The summed E-state index contributed by atoms with van der Waals surface area (Å²) in [6.45, 7) is 3.53. The lowest BCUT2D eigenvalue weighted by atomic mass is 9.90. The van der Waals surface area contributed by atoms with E-state index >= 15 is 0 Å². The maximum absolute atomic E-state index is 13.0. The Morgan fingerprint density at radius 1 is 1.12 bits per heavy atom. The van der Waals surface area contributed by atoms with Crippen LogP contribution in [0.3, 0.4) is 0 Å². The second-order valence-corrected chi connectivity index (χ2v) is 7.18. The van der Waals surface area contributed by atoms with E-state index in [0.717, 1.165) is 11.1 Å². The summed E-state index contributed by atoms with van der Waals surface area (Å²) >= 11 is 12.6. The summed E-state index contributed by atoms with van der Waals surface area (Å²) in [6.07, 6.45) is -0.344. The first-order valence-electron chi connectivity index (χ1n) is 7.82. The van der Waals surface area contributed by atoms with Gasteiger partial charge in [-0.3, -0.25) is 9.59 Å². The van der Waals surface area contributed by atoms with Gasteiger partial charge >= 0.3 is 0 Å². The Hall–Kier alpha value is -1.88. The molecule has 25 heavy (non-hydrogen) atoms. The number of hydrogen-bond donors (Lipinski definition) is 1. The van der Waals surface area contributed by atoms with Crippen LogP contribution in [0.2, 0.25) is 10.0 Å². The fraction of sp³-hybridized carbons (Fsp3) is 0.263. The minimum absolute atomic E-state index is 0.203. The molecule has 0 saturated carbocycles. The number of anilines is 1. The maximum atomic E-state index is 13.0. The van der Waals surface area contributed by atoms with Crippen LogP contribution in [0.4, 0.5) is 5.69 Å². The first-order valence-corrected chi connectivity index (χ1v) is 8.57. The number of aliphatic hydroxyl groups is 1. The molecule has 0 spiro atoms. The molecule has 1 heterocycles. The lowest BCUT2D eigenvalue weighted by Crippen LogP contribution is -2.41. The summed E-state index contributed by atoms with van der Waals surface area (Å²) < 4.78 is 0. The smallest absolute Gasteiger partial charge is 0.264 e. The number of aryl methyl sites for hydroxylation is 1. The van der Waals surface area contributed by atoms with E-state index in [1.54, 1.807) is 6.07 Å². The lowest BCUT2D eigenvalue weighted by Gasteiger charge is -2.22. The van der Waals surface area contributed by atoms with E-state index in [1.165, 1.54) is 17.9 Å². The Morgan fingerprint density at radius 3 is 2.32 bits per heavy atom. The average Bonchev–Trinajstić information content (AvgIpc) is 2.75. The van der Waals surface area contributed by atoms with Gasteiger partial charge in [0.05, 0.1) is 17.3 Å². The molecular weight excluding hydrogens is 361 g/mol. The molecule has 0 aliphatic carbocycles. The normalized spacial score (nSPS) is 19.2. The minimum atomic E-state index is -1.99. The van der Waals surface area contributed by atoms with Crippen molar-refractivity contribution in [3.05, 3.63) is 63.1 Å². The minimum Gasteiger partial charge on any atom is -0.375 e. The maximum Gasteiger partial charge on any atom is 0.264 e. The molecule has 2 aromatic carbocycles. The molecule has 1 aliphatic rings. The second kappa shape index (κ2) is 6.45. The van der Waals surface area contributed by atoms with Gasteiger partial charge in [0.15, 0.2) is 5.60 Å². The van der Waals surface area contributed by atoms with Crippen LogP contribution in [0.1, 0.15) is 30.0 Å². The Bertz CT molecular complexity index is 864. The van der Waals surface area contributed by atoms with Crippen LogP contribution in [0, 0.1) is 6.92 Å². The van der Waals surface area contributed by atoms with E-state index in [-0.39, 0.29) is 29.3 Å². The Kier molecular flexibility index (Phi) is 4.62. The molecule has 1 unspecified atom stereocenters. The summed E-state index contributed by atoms with van der Waals surface area (Å²) in [7, 11) is 0. The summed E-state index contributed by atoms with van der Waals surface area (Å²) in [5.41, 5.74) is 0.560. The van der Waals surface area contributed by atoms with Crippen molar-refractivity contribution >= 4 is 40.6 Å². The zero-order chi connectivity index (χ0) is 18.4. The van der Waals surface area contributed by atoms with Crippen LogP contribution >= 0.6 is 23.2 Å². The van der Waals surface area contributed by atoms with E-state index in [9.17, 15) is 14.7 Å². The number of carbonyl (C=O) groups is 2. The molecule has 0 saturated heterocycles. The molecule has 1 aliphatic heterocycles. The summed E-state index contributed by atoms with van der Waals surface area (Å²) in [4.78, 5) is 26.1. The zero-order valence-corrected chi connectivity index (χ0v) is 15.4. The van der Waals surface area contributed by atoms with Crippen molar-refractivity contribution in [3.8, 4) is 0 Å². The summed E-state index contributed by atoms with van der Waals surface area (Å²) in [6, 6.07) is 10.8. The largest absolute Gasteiger partial charge is 0.375 e. The van der Waals surface area contributed by atoms with Crippen molar-refractivity contribution in [2.45, 2.75) is 32.4 Å². The Balaban J connectivity index is 2.12. The van der Waals surface area contributed by atoms with Gasteiger partial charge in [0, 0.05) is 17.0 Å². The predicted octanol–water partition coefficient (Wildman–Crippen LogP) is 4.02. The number of halogens is 2. The van der Waals surface area contributed by atoms with Crippen molar-refractivity contribution < 1.29 is 14.7 Å². The van der Waals surface area contributed by atoms with Crippen molar-refractivity contribution in [2.75, 3.05) is 4.90 Å². The number of hydrogen-bond acceptors (Lipinski definition) is 3. The molecule has 1 N–H and O–H groups in total. The third kappa shape index (κ3) is 3.06. The van der Waals surface area contributed by atoms with Gasteiger partial charge in [0.1, 0.15) is 5.78 Å². The standard InChI is InChI=1S/C19H17Cl2NO3/c1-11-3-5-13(6-4-11)10-22-17-15(21)8-7-14(20)16(17)19(25,18(22)24)9-12(2)23/h3-8,25H,9-10H2,1-2H3. The van der Waals surface area contributed by atoms with E-state index < -0.39 is 11.5 Å². The highest BCUT2D eigenvalue weighted by molar-refractivity contribution is 6.38. The van der Waals surface area contributed by atoms with Gasteiger partial charge in [0.2, 0.25) is 0 Å². The molecule has 0 aromatic heterocycles. The van der Waals surface area contributed by atoms with Crippen LogP contribution in [-0.4, -0.2) is 16.8 Å². The van der Waals surface area contributed by atoms with Crippen LogP contribution in [-0.2, 0) is 21.7 Å². The third-order valence-electron chi connectivity index (χ3n) is 4.33. The highest BCUT2D eigenvalue weighted by Gasteiger charge is 2.52. The van der Waals surface area contributed by atoms with Crippen molar-refractivity contribution in [3.63, 3.8) is 0 Å². The first kappa shape index (κ1) is 17.9. The molecule has 6 heteroatoms. The molecule has 3 rings (SSSR count). The number of carbonyl (C=O) groups excluding carboxylic acids is 2. The molecule has 4 nitrogen and oxygen atoms in total. The zero-order valence-electron chi connectivity index (χ0n) is 13.8.